The van der Waals surface area contributed by atoms with Gasteiger partial charge >= 0.3 is 6.09 Å². The number of amides is 1. The number of methoxy groups -OCH3 is 1. The molecule has 2 heterocycles. The number of anilines is 1. The minimum absolute atomic E-state index is 0.414. The molecule has 6 heteroatoms. The monoisotopic (exact) mass is 357 g/mol. The second-order valence-corrected chi connectivity index (χ2v) is 6.87. The molecule has 26 heavy (non-hydrogen) atoms. The van der Waals surface area contributed by atoms with Crippen molar-refractivity contribution < 1.29 is 14.3 Å². The lowest BCUT2D eigenvalue weighted by molar-refractivity contribution is 0.187. The van der Waals surface area contributed by atoms with Crippen LogP contribution in [0.1, 0.15) is 32.9 Å². The van der Waals surface area contributed by atoms with Crippen molar-refractivity contribution in [3.63, 3.8) is 0 Å². The van der Waals surface area contributed by atoms with Crippen LogP contribution in [0, 0.1) is 18.8 Å². The van der Waals surface area contributed by atoms with Gasteiger partial charge in [-0.25, -0.2) is 14.8 Å². The zero-order valence-electron chi connectivity index (χ0n) is 16.1. The van der Waals surface area contributed by atoms with Gasteiger partial charge in [0.1, 0.15) is 11.6 Å². The van der Waals surface area contributed by atoms with Gasteiger partial charge in [0, 0.05) is 11.8 Å². The second-order valence-electron chi connectivity index (χ2n) is 6.87. The van der Waals surface area contributed by atoms with E-state index in [1.807, 2.05) is 25.1 Å². The van der Waals surface area contributed by atoms with E-state index in [4.69, 9.17) is 4.74 Å². The number of carbonyl (C=O) groups excluding carboxylic acids is 1. The zero-order chi connectivity index (χ0) is 19.1. The van der Waals surface area contributed by atoms with Crippen LogP contribution in [0.15, 0.2) is 30.5 Å². The van der Waals surface area contributed by atoms with Crippen molar-refractivity contribution in [2.75, 3.05) is 19.0 Å². The first-order chi connectivity index (χ1) is 12.4. The molecule has 2 aromatic heterocycles. The Morgan fingerprint density at radius 3 is 2.65 bits per heavy atom. The van der Waals surface area contributed by atoms with Crippen molar-refractivity contribution in [3.8, 4) is 17.0 Å². The lowest BCUT2D eigenvalue weighted by Gasteiger charge is -2.16. The van der Waals surface area contributed by atoms with Crippen LogP contribution >= 0.6 is 0 Å². The molecule has 0 saturated carbocycles. The van der Waals surface area contributed by atoms with Gasteiger partial charge in [-0.05, 0) is 49.4 Å². The van der Waals surface area contributed by atoms with Crippen molar-refractivity contribution in [2.45, 2.75) is 34.1 Å². The quantitative estimate of drug-likeness (QED) is 0.778. The maximum atomic E-state index is 11.3. The van der Waals surface area contributed by atoms with E-state index in [-0.39, 0.29) is 0 Å². The summed E-state index contributed by atoms with van der Waals surface area (Å²) in [6, 6.07) is 7.44. The maximum Gasteiger partial charge on any atom is 0.412 e. The number of rotatable bonds is 7. The van der Waals surface area contributed by atoms with Crippen LogP contribution in [-0.4, -0.2) is 29.8 Å². The molecule has 1 N–H and O–H groups in total. The van der Waals surface area contributed by atoms with Gasteiger partial charge in [0.05, 0.1) is 25.1 Å². The largest absolute Gasteiger partial charge is 0.491 e. The number of aryl methyl sites for hydroxylation is 1. The third-order valence-corrected chi connectivity index (χ3v) is 3.91. The summed E-state index contributed by atoms with van der Waals surface area (Å²) >= 11 is 0. The Hall–Kier alpha value is -2.63. The fourth-order valence-electron chi connectivity index (χ4n) is 2.78. The summed E-state index contributed by atoms with van der Waals surface area (Å²) < 4.78 is 10.5. The molecule has 2 aromatic rings. The molecule has 0 bridgehead atoms. The first kappa shape index (κ1) is 19.7. The average Bonchev–Trinajstić information content (AvgIpc) is 2.60. The molecule has 0 spiro atoms. The molecular formula is C20H27N3O3. The van der Waals surface area contributed by atoms with Crippen molar-refractivity contribution in [1.82, 2.24) is 9.97 Å². The van der Waals surface area contributed by atoms with Crippen LogP contribution < -0.4 is 10.1 Å². The minimum Gasteiger partial charge on any atom is -0.491 e. The number of ether oxygens (including phenoxy) is 2. The van der Waals surface area contributed by atoms with E-state index in [2.05, 4.69) is 40.8 Å². The first-order valence-electron chi connectivity index (χ1n) is 8.81. The Labute approximate surface area is 155 Å². The van der Waals surface area contributed by atoms with Gasteiger partial charge < -0.3 is 9.47 Å². The lowest BCUT2D eigenvalue weighted by atomic mass is 10.00. The van der Waals surface area contributed by atoms with Crippen LogP contribution in [0.25, 0.3) is 11.3 Å². The summed E-state index contributed by atoms with van der Waals surface area (Å²) in [5, 5.41) is 2.55. The van der Waals surface area contributed by atoms with Gasteiger partial charge in [-0.15, -0.1) is 0 Å². The molecule has 0 fully saturated rings. The third-order valence-electron chi connectivity index (χ3n) is 3.91. The predicted molar refractivity (Wildman–Crippen MR) is 102 cm³/mol. The van der Waals surface area contributed by atoms with Gasteiger partial charge in [0.2, 0.25) is 0 Å². The molecule has 0 aliphatic rings. The van der Waals surface area contributed by atoms with Crippen LogP contribution in [0.5, 0.6) is 5.75 Å². The van der Waals surface area contributed by atoms with E-state index in [1.54, 1.807) is 12.3 Å². The summed E-state index contributed by atoms with van der Waals surface area (Å²) in [6.07, 6.45) is 2.20. The normalized spacial score (nSPS) is 11.9. The molecule has 0 radical (unpaired) electrons. The second kappa shape index (κ2) is 9.17. The Morgan fingerprint density at radius 2 is 2.00 bits per heavy atom. The topological polar surface area (TPSA) is 73.3 Å². The van der Waals surface area contributed by atoms with Crippen LogP contribution in [0.3, 0.4) is 0 Å². The highest BCUT2D eigenvalue weighted by molar-refractivity contribution is 5.84. The van der Waals surface area contributed by atoms with E-state index in [9.17, 15) is 4.79 Å². The Morgan fingerprint density at radius 1 is 1.23 bits per heavy atom. The van der Waals surface area contributed by atoms with E-state index >= 15 is 0 Å². The Bertz CT molecular complexity index is 747. The van der Waals surface area contributed by atoms with Gasteiger partial charge in [-0.1, -0.05) is 20.8 Å². The molecule has 140 valence electrons. The first-order valence-corrected chi connectivity index (χ1v) is 8.81. The molecule has 6 nitrogen and oxygen atoms in total. The highest BCUT2D eigenvalue weighted by Gasteiger charge is 2.10. The van der Waals surface area contributed by atoms with Crippen molar-refractivity contribution in [1.29, 1.82) is 0 Å². The maximum absolute atomic E-state index is 11.3. The summed E-state index contributed by atoms with van der Waals surface area (Å²) in [5.74, 6) is 2.37. The Balaban J connectivity index is 2.09. The lowest BCUT2D eigenvalue weighted by Crippen LogP contribution is -2.12. The van der Waals surface area contributed by atoms with Gasteiger partial charge in [-0.2, -0.15) is 0 Å². The number of hydrogen-bond donors (Lipinski definition) is 1. The number of hydrogen-bond acceptors (Lipinski definition) is 5. The SMILES string of the molecule is COC(=O)Nc1cc(-c2ccc(OCC(C)CC(C)C)c(C)n2)ccn1. The summed E-state index contributed by atoms with van der Waals surface area (Å²) in [5.41, 5.74) is 2.48. The van der Waals surface area contributed by atoms with Crippen LogP contribution in [0.2, 0.25) is 0 Å². The summed E-state index contributed by atoms with van der Waals surface area (Å²) in [7, 11) is 1.31. The number of aromatic nitrogens is 2. The van der Waals surface area contributed by atoms with E-state index in [0.717, 1.165) is 29.1 Å². The van der Waals surface area contributed by atoms with Crippen molar-refractivity contribution in [2.24, 2.45) is 11.8 Å². The highest BCUT2D eigenvalue weighted by atomic mass is 16.5. The zero-order valence-corrected chi connectivity index (χ0v) is 16.1. The van der Waals surface area contributed by atoms with E-state index < -0.39 is 6.09 Å². The van der Waals surface area contributed by atoms with E-state index in [0.29, 0.717) is 24.3 Å². The molecule has 0 aliphatic heterocycles. The van der Waals surface area contributed by atoms with Crippen LogP contribution in [-0.2, 0) is 4.74 Å². The van der Waals surface area contributed by atoms with Crippen molar-refractivity contribution in [3.05, 3.63) is 36.2 Å². The smallest absolute Gasteiger partial charge is 0.412 e. The van der Waals surface area contributed by atoms with Gasteiger partial charge in [0.25, 0.3) is 0 Å². The molecule has 0 aromatic carbocycles. The Kier molecular flexibility index (Phi) is 6.95. The van der Waals surface area contributed by atoms with Gasteiger partial charge in [-0.3, -0.25) is 5.32 Å². The summed E-state index contributed by atoms with van der Waals surface area (Å²) in [4.78, 5) is 20.0. The molecule has 2 rings (SSSR count). The molecule has 1 unspecified atom stereocenters. The fraction of sp³-hybridized carbons (Fsp3) is 0.450. The predicted octanol–water partition coefficient (Wildman–Crippen LogP) is 4.69. The number of nitrogens with one attached hydrogen (secondary N) is 1. The molecule has 0 aliphatic carbocycles. The molecule has 1 atom stereocenters. The highest BCUT2D eigenvalue weighted by Crippen LogP contribution is 2.25. The average molecular weight is 357 g/mol. The number of nitrogens with zero attached hydrogens (tertiary/aromatic N) is 2. The summed E-state index contributed by atoms with van der Waals surface area (Å²) in [6.45, 7) is 9.25. The molecule has 0 saturated heterocycles. The molecular weight excluding hydrogens is 330 g/mol. The number of pyridine rings is 2. The third kappa shape index (κ3) is 5.72. The fourth-order valence-corrected chi connectivity index (χ4v) is 2.78. The van der Waals surface area contributed by atoms with Crippen molar-refractivity contribution >= 4 is 11.9 Å². The minimum atomic E-state index is -0.557. The number of carbonyl (C=O) groups is 1. The van der Waals surface area contributed by atoms with E-state index in [1.165, 1.54) is 7.11 Å². The van der Waals surface area contributed by atoms with Crippen LogP contribution in [0.4, 0.5) is 10.6 Å². The standard InChI is InChI=1S/C20H27N3O3/c1-13(2)10-14(3)12-26-18-7-6-17(22-15(18)4)16-8-9-21-19(11-16)23-20(24)25-5/h6-9,11,13-14H,10,12H2,1-5H3,(H,21,23,24). The van der Waals surface area contributed by atoms with Gasteiger partial charge in [0.15, 0.2) is 0 Å². The molecule has 1 amide bonds.